The molecular formula is C25H20N2O5S2. The van der Waals surface area contributed by atoms with Gasteiger partial charge in [0.15, 0.2) is 11.5 Å². The summed E-state index contributed by atoms with van der Waals surface area (Å²) in [5, 5.41) is 10.8. The number of methoxy groups -OCH3 is 1. The van der Waals surface area contributed by atoms with E-state index in [4.69, 9.17) is 21.7 Å². The van der Waals surface area contributed by atoms with Crippen LogP contribution in [0.2, 0.25) is 0 Å². The van der Waals surface area contributed by atoms with Crippen molar-refractivity contribution in [2.24, 2.45) is 0 Å². The Balaban J connectivity index is 1.46. The minimum absolute atomic E-state index is 0.0277. The Hall–Kier alpha value is -3.69. The predicted molar refractivity (Wildman–Crippen MR) is 136 cm³/mol. The van der Waals surface area contributed by atoms with E-state index in [0.717, 1.165) is 16.7 Å². The molecule has 9 heteroatoms. The molecule has 0 unspecified atom stereocenters. The molecule has 0 aromatic heterocycles. The van der Waals surface area contributed by atoms with Crippen LogP contribution in [0.4, 0.5) is 5.69 Å². The molecule has 172 valence electrons. The predicted octanol–water partition coefficient (Wildman–Crippen LogP) is 5.58. The Morgan fingerprint density at radius 1 is 1.03 bits per heavy atom. The lowest BCUT2D eigenvalue weighted by Crippen LogP contribution is -2.27. The summed E-state index contributed by atoms with van der Waals surface area (Å²) in [5.41, 5.74) is 2.61. The number of benzene rings is 3. The number of nitro groups is 1. The molecular weight excluding hydrogens is 472 g/mol. The fourth-order valence-electron chi connectivity index (χ4n) is 3.32. The van der Waals surface area contributed by atoms with Crippen molar-refractivity contribution in [3.05, 3.63) is 105 Å². The number of thiocarbonyl (C=S) groups is 1. The van der Waals surface area contributed by atoms with E-state index in [1.165, 1.54) is 31.0 Å². The molecule has 1 heterocycles. The number of hydrogen-bond acceptors (Lipinski definition) is 7. The highest BCUT2D eigenvalue weighted by atomic mass is 32.2. The van der Waals surface area contributed by atoms with Crippen molar-refractivity contribution in [1.29, 1.82) is 0 Å². The largest absolute Gasteiger partial charge is 0.493 e. The second-order valence-corrected chi connectivity index (χ2v) is 9.05. The molecule has 1 amide bonds. The zero-order valence-corrected chi connectivity index (χ0v) is 19.8. The third kappa shape index (κ3) is 5.44. The van der Waals surface area contributed by atoms with Gasteiger partial charge >= 0.3 is 0 Å². The first-order valence-corrected chi connectivity index (χ1v) is 11.5. The summed E-state index contributed by atoms with van der Waals surface area (Å²) in [5.74, 6) is 0.904. The maximum Gasteiger partial charge on any atom is 0.269 e. The summed E-state index contributed by atoms with van der Waals surface area (Å²) in [6.07, 6.45) is 1.78. The SMILES string of the molecule is COc1cc(/C=C2/SC(=S)N(Cc3ccccc3)C2=O)ccc1OCc1ccc([N+](=O)[O-])cc1. The lowest BCUT2D eigenvalue weighted by Gasteiger charge is -2.14. The van der Waals surface area contributed by atoms with Gasteiger partial charge in [-0.2, -0.15) is 0 Å². The van der Waals surface area contributed by atoms with Gasteiger partial charge in [-0.05, 0) is 47.0 Å². The van der Waals surface area contributed by atoms with E-state index in [1.807, 2.05) is 36.4 Å². The number of non-ortho nitro benzene ring substituents is 1. The van der Waals surface area contributed by atoms with Gasteiger partial charge in [-0.1, -0.05) is 60.4 Å². The van der Waals surface area contributed by atoms with E-state index in [2.05, 4.69) is 0 Å². The van der Waals surface area contributed by atoms with E-state index in [1.54, 1.807) is 35.2 Å². The first-order valence-electron chi connectivity index (χ1n) is 10.3. The quantitative estimate of drug-likeness (QED) is 0.176. The average Bonchev–Trinajstić information content (AvgIpc) is 3.11. The van der Waals surface area contributed by atoms with Crippen molar-refractivity contribution in [3.8, 4) is 11.5 Å². The van der Waals surface area contributed by atoms with Crippen LogP contribution in [-0.4, -0.2) is 27.2 Å². The van der Waals surface area contributed by atoms with Crippen LogP contribution in [0.25, 0.3) is 6.08 Å². The van der Waals surface area contributed by atoms with Gasteiger partial charge in [0, 0.05) is 12.1 Å². The first kappa shape index (κ1) is 23.5. The summed E-state index contributed by atoms with van der Waals surface area (Å²) in [6, 6.07) is 21.3. The molecule has 0 N–H and O–H groups in total. The second kappa shape index (κ2) is 10.5. The molecule has 0 aliphatic carbocycles. The van der Waals surface area contributed by atoms with Crippen LogP contribution in [0, 0.1) is 10.1 Å². The molecule has 7 nitrogen and oxygen atoms in total. The number of carbonyl (C=O) groups excluding carboxylic acids is 1. The summed E-state index contributed by atoms with van der Waals surface area (Å²) in [4.78, 5) is 25.4. The van der Waals surface area contributed by atoms with E-state index < -0.39 is 4.92 Å². The third-order valence-corrected chi connectivity index (χ3v) is 6.46. The monoisotopic (exact) mass is 492 g/mol. The Morgan fingerprint density at radius 3 is 2.44 bits per heavy atom. The Bertz CT molecular complexity index is 1260. The highest BCUT2D eigenvalue weighted by molar-refractivity contribution is 8.26. The fraction of sp³-hybridized carbons (Fsp3) is 0.120. The molecule has 1 aliphatic rings. The van der Waals surface area contributed by atoms with Crippen LogP contribution < -0.4 is 9.47 Å². The summed E-state index contributed by atoms with van der Waals surface area (Å²) < 4.78 is 11.8. The molecule has 1 aliphatic heterocycles. The number of amides is 1. The zero-order valence-electron chi connectivity index (χ0n) is 18.2. The van der Waals surface area contributed by atoms with Gasteiger partial charge in [0.2, 0.25) is 0 Å². The Morgan fingerprint density at radius 2 is 1.76 bits per heavy atom. The maximum absolute atomic E-state index is 12.9. The maximum atomic E-state index is 12.9. The second-order valence-electron chi connectivity index (χ2n) is 7.38. The van der Waals surface area contributed by atoms with Crippen molar-refractivity contribution in [2.45, 2.75) is 13.2 Å². The van der Waals surface area contributed by atoms with Gasteiger partial charge in [-0.25, -0.2) is 0 Å². The van der Waals surface area contributed by atoms with Crippen molar-refractivity contribution >= 4 is 46.0 Å². The van der Waals surface area contributed by atoms with E-state index in [9.17, 15) is 14.9 Å². The molecule has 1 saturated heterocycles. The van der Waals surface area contributed by atoms with Gasteiger partial charge < -0.3 is 9.47 Å². The smallest absolute Gasteiger partial charge is 0.269 e. The van der Waals surface area contributed by atoms with Crippen molar-refractivity contribution in [1.82, 2.24) is 4.90 Å². The number of ether oxygens (including phenoxy) is 2. The Kier molecular flexibility index (Phi) is 7.24. The Labute approximate surface area is 206 Å². The highest BCUT2D eigenvalue weighted by Crippen LogP contribution is 2.35. The molecule has 0 spiro atoms. The van der Waals surface area contributed by atoms with E-state index in [0.29, 0.717) is 27.3 Å². The van der Waals surface area contributed by atoms with Gasteiger partial charge in [0.25, 0.3) is 11.6 Å². The normalized spacial score (nSPS) is 14.5. The number of rotatable bonds is 8. The van der Waals surface area contributed by atoms with Crippen molar-refractivity contribution in [3.63, 3.8) is 0 Å². The third-order valence-electron chi connectivity index (χ3n) is 5.08. The number of nitrogens with zero attached hydrogens (tertiary/aromatic N) is 2. The van der Waals surface area contributed by atoms with Crippen LogP contribution in [0.3, 0.4) is 0 Å². The molecule has 4 rings (SSSR count). The standard InChI is InChI=1S/C25H20N2O5S2/c1-31-22-13-19(9-12-21(22)32-16-18-7-10-20(11-8-18)27(29)30)14-23-24(28)26(25(33)34-23)15-17-5-3-2-4-6-17/h2-14H,15-16H2,1H3/b23-14+. The molecule has 0 atom stereocenters. The average molecular weight is 493 g/mol. The lowest BCUT2D eigenvalue weighted by atomic mass is 10.1. The van der Waals surface area contributed by atoms with Gasteiger partial charge in [-0.15, -0.1) is 0 Å². The van der Waals surface area contributed by atoms with Crippen LogP contribution in [0.5, 0.6) is 11.5 Å². The zero-order chi connectivity index (χ0) is 24.1. The number of hydrogen-bond donors (Lipinski definition) is 0. The number of thioether (sulfide) groups is 1. The van der Waals surface area contributed by atoms with Crippen LogP contribution in [-0.2, 0) is 17.9 Å². The summed E-state index contributed by atoms with van der Waals surface area (Å²) >= 11 is 6.70. The molecule has 3 aromatic rings. The van der Waals surface area contributed by atoms with Crippen LogP contribution in [0.15, 0.2) is 77.7 Å². The van der Waals surface area contributed by atoms with Crippen molar-refractivity contribution in [2.75, 3.05) is 7.11 Å². The van der Waals surface area contributed by atoms with Crippen LogP contribution >= 0.6 is 24.0 Å². The van der Waals surface area contributed by atoms with E-state index >= 15 is 0 Å². The molecule has 0 saturated carbocycles. The fourth-order valence-corrected chi connectivity index (χ4v) is 4.58. The summed E-state index contributed by atoms with van der Waals surface area (Å²) in [7, 11) is 1.54. The van der Waals surface area contributed by atoms with Crippen molar-refractivity contribution < 1.29 is 19.2 Å². The highest BCUT2D eigenvalue weighted by Gasteiger charge is 2.32. The van der Waals surface area contributed by atoms with Crippen LogP contribution in [0.1, 0.15) is 16.7 Å². The number of nitro benzene ring substituents is 1. The van der Waals surface area contributed by atoms with E-state index in [-0.39, 0.29) is 18.2 Å². The van der Waals surface area contributed by atoms with Gasteiger partial charge in [0.05, 0.1) is 23.5 Å². The van der Waals surface area contributed by atoms with Gasteiger partial charge in [-0.3, -0.25) is 19.8 Å². The van der Waals surface area contributed by atoms with Gasteiger partial charge in [0.1, 0.15) is 10.9 Å². The minimum Gasteiger partial charge on any atom is -0.493 e. The lowest BCUT2D eigenvalue weighted by molar-refractivity contribution is -0.384. The molecule has 1 fully saturated rings. The summed E-state index contributed by atoms with van der Waals surface area (Å²) in [6.45, 7) is 0.660. The minimum atomic E-state index is -0.443. The molecule has 0 bridgehead atoms. The topological polar surface area (TPSA) is 81.9 Å². The number of carbonyl (C=O) groups is 1. The molecule has 0 radical (unpaired) electrons. The molecule has 3 aromatic carbocycles. The molecule has 34 heavy (non-hydrogen) atoms. The first-order chi connectivity index (χ1) is 16.4.